The molecular weight excluding hydrogens is 278 g/mol. The van der Waals surface area contributed by atoms with Gasteiger partial charge in [0.05, 0.1) is 11.4 Å². The Morgan fingerprint density at radius 2 is 2.20 bits per heavy atom. The average molecular weight is 292 g/mol. The number of fused-ring (bicyclic) bond motifs is 5. The van der Waals surface area contributed by atoms with E-state index in [1.165, 1.54) is 11.1 Å². The highest BCUT2D eigenvalue weighted by atomic mass is 32.2. The zero-order valence-corrected chi connectivity index (χ0v) is 11.7. The fourth-order valence-corrected chi connectivity index (χ4v) is 3.57. The molecule has 1 aromatic carbocycles. The quantitative estimate of drug-likeness (QED) is 0.695. The predicted octanol–water partition coefficient (Wildman–Crippen LogP) is 0.0226. The van der Waals surface area contributed by atoms with Gasteiger partial charge in [0.2, 0.25) is 6.33 Å². The predicted molar refractivity (Wildman–Crippen MR) is 69.5 cm³/mol. The van der Waals surface area contributed by atoms with Gasteiger partial charge < -0.3 is 4.74 Å². The molecule has 0 unspecified atom stereocenters. The molecule has 2 aliphatic rings. The average Bonchev–Trinajstić information content (AvgIpc) is 2.98. The molecule has 2 atom stereocenters. The van der Waals surface area contributed by atoms with Crippen molar-refractivity contribution >= 4 is 10.0 Å². The van der Waals surface area contributed by atoms with E-state index in [1.807, 2.05) is 16.7 Å². The summed E-state index contributed by atoms with van der Waals surface area (Å²) in [5.41, 5.74) is 2.45. The monoisotopic (exact) mass is 292 g/mol. The Balaban J connectivity index is 1.89. The van der Waals surface area contributed by atoms with Crippen molar-refractivity contribution in [2.45, 2.75) is 25.2 Å². The highest BCUT2D eigenvalue weighted by Gasteiger charge is 2.43. The number of rotatable bonds is 1. The minimum atomic E-state index is -3.37. The summed E-state index contributed by atoms with van der Waals surface area (Å²) in [6.45, 7) is 0.345. The molecule has 1 aromatic heterocycles. The van der Waals surface area contributed by atoms with E-state index in [4.69, 9.17) is 4.74 Å². The molecule has 20 heavy (non-hydrogen) atoms. The lowest BCUT2D eigenvalue weighted by molar-refractivity contribution is -0.739. The third-order valence-electron chi connectivity index (χ3n) is 3.95. The first-order valence-corrected chi connectivity index (χ1v) is 8.28. The summed E-state index contributed by atoms with van der Waals surface area (Å²) in [6.07, 6.45) is 3.62. The van der Waals surface area contributed by atoms with Crippen molar-refractivity contribution in [1.29, 1.82) is 0 Å². The Labute approximate surface area is 116 Å². The number of ether oxygens (including phenoxy) is 1. The lowest BCUT2D eigenvalue weighted by atomic mass is 10.1. The second kappa shape index (κ2) is 3.89. The molecule has 1 aliphatic carbocycles. The first-order chi connectivity index (χ1) is 9.54. The molecule has 6 nitrogen and oxygen atoms in total. The van der Waals surface area contributed by atoms with Crippen LogP contribution in [0.4, 0.5) is 0 Å². The normalized spacial score (nSPS) is 24.1. The van der Waals surface area contributed by atoms with Crippen LogP contribution in [0.1, 0.15) is 23.0 Å². The molecule has 0 N–H and O–H groups in total. The molecule has 4 rings (SSSR count). The van der Waals surface area contributed by atoms with Crippen molar-refractivity contribution in [2.75, 3.05) is 6.26 Å². The van der Waals surface area contributed by atoms with Crippen molar-refractivity contribution in [2.24, 2.45) is 0 Å². The van der Waals surface area contributed by atoms with Crippen LogP contribution in [0.15, 0.2) is 30.6 Å². The van der Waals surface area contributed by atoms with Gasteiger partial charge in [-0.1, -0.05) is 24.3 Å². The zero-order chi connectivity index (χ0) is 13.9. The summed E-state index contributed by atoms with van der Waals surface area (Å²) >= 11 is 0. The summed E-state index contributed by atoms with van der Waals surface area (Å²) in [7, 11) is -3.37. The second-order valence-corrected chi connectivity index (χ2v) is 7.11. The van der Waals surface area contributed by atoms with Crippen LogP contribution < -0.4 is 4.57 Å². The minimum absolute atomic E-state index is 0.0189. The molecule has 0 amide bonds. The van der Waals surface area contributed by atoms with Gasteiger partial charge in [-0.15, -0.1) is 0 Å². The Bertz CT molecular complexity index is 797. The first kappa shape index (κ1) is 12.0. The smallest absolute Gasteiger partial charge is 0.309 e. The van der Waals surface area contributed by atoms with Crippen molar-refractivity contribution in [3.05, 3.63) is 47.5 Å². The molecule has 0 fully saturated rings. The molecule has 0 saturated carbocycles. The molecule has 0 radical (unpaired) electrons. The van der Waals surface area contributed by atoms with E-state index in [0.717, 1.165) is 16.8 Å². The van der Waals surface area contributed by atoms with Crippen LogP contribution in [-0.2, 0) is 27.8 Å². The molecule has 2 aromatic rings. The molecule has 2 heterocycles. The largest absolute Gasteiger partial charge is 0.363 e. The van der Waals surface area contributed by atoms with E-state index in [2.05, 4.69) is 17.2 Å². The van der Waals surface area contributed by atoms with Crippen molar-refractivity contribution in [1.82, 2.24) is 9.19 Å². The zero-order valence-electron chi connectivity index (χ0n) is 10.9. The highest BCUT2D eigenvalue weighted by Crippen LogP contribution is 2.35. The third kappa shape index (κ3) is 1.63. The molecule has 104 valence electrons. The number of aromatic nitrogens is 3. The first-order valence-electron chi connectivity index (χ1n) is 6.44. The van der Waals surface area contributed by atoms with Crippen LogP contribution in [0, 0.1) is 0 Å². The maximum atomic E-state index is 11.6. The molecule has 0 saturated heterocycles. The van der Waals surface area contributed by atoms with E-state index in [1.54, 1.807) is 6.33 Å². The van der Waals surface area contributed by atoms with Gasteiger partial charge >= 0.3 is 15.8 Å². The SMILES string of the molecule is CS(=O)(=O)n1c[n+]2c(n1)CO[C@H]1Cc3ccccc3[C@H]12. The summed E-state index contributed by atoms with van der Waals surface area (Å²) in [5, 5.41) is 4.12. The molecule has 0 bridgehead atoms. The standard InChI is InChI=1S/C13H14N3O3S/c1-20(17,18)16-8-15-12(14-16)7-19-11-6-9-4-2-3-5-10(9)13(11)15/h2-5,8,11,13H,6-7H2,1H3/q+1/t11-,13+/m0/s1. The minimum Gasteiger partial charge on any atom is -0.363 e. The number of hydrogen-bond acceptors (Lipinski definition) is 4. The van der Waals surface area contributed by atoms with E-state index >= 15 is 0 Å². The van der Waals surface area contributed by atoms with Gasteiger partial charge in [0, 0.05) is 6.42 Å². The van der Waals surface area contributed by atoms with Gasteiger partial charge in [-0.25, -0.2) is 4.57 Å². The van der Waals surface area contributed by atoms with Crippen molar-refractivity contribution < 1.29 is 17.7 Å². The topological polar surface area (TPSA) is 65.1 Å². The second-order valence-electron chi connectivity index (χ2n) is 5.27. The summed E-state index contributed by atoms with van der Waals surface area (Å²) in [5.74, 6) is 0.647. The Kier molecular flexibility index (Phi) is 2.34. The maximum Gasteiger partial charge on any atom is 0.309 e. The van der Waals surface area contributed by atoms with Gasteiger partial charge in [-0.05, 0) is 15.2 Å². The third-order valence-corrected chi connectivity index (χ3v) is 4.80. The van der Waals surface area contributed by atoms with Crippen LogP contribution in [-0.4, -0.2) is 30.0 Å². The van der Waals surface area contributed by atoms with Crippen molar-refractivity contribution in [3.63, 3.8) is 0 Å². The Morgan fingerprint density at radius 1 is 1.40 bits per heavy atom. The molecule has 1 aliphatic heterocycles. The van der Waals surface area contributed by atoms with Crippen molar-refractivity contribution in [3.8, 4) is 0 Å². The van der Waals surface area contributed by atoms with E-state index in [9.17, 15) is 8.42 Å². The number of nitrogens with zero attached hydrogens (tertiary/aromatic N) is 3. The van der Waals surface area contributed by atoms with Gasteiger partial charge in [-0.2, -0.15) is 8.42 Å². The Morgan fingerprint density at radius 3 is 3.00 bits per heavy atom. The maximum absolute atomic E-state index is 11.6. The highest BCUT2D eigenvalue weighted by molar-refractivity contribution is 7.89. The van der Waals surface area contributed by atoms with Crippen LogP contribution in [0.2, 0.25) is 0 Å². The Hall–Kier alpha value is -1.73. The summed E-state index contributed by atoms with van der Waals surface area (Å²) in [4.78, 5) is 0. The van der Waals surface area contributed by atoms with E-state index in [-0.39, 0.29) is 12.1 Å². The molecule has 7 heteroatoms. The van der Waals surface area contributed by atoms with E-state index < -0.39 is 10.0 Å². The van der Waals surface area contributed by atoms with Gasteiger partial charge in [0.25, 0.3) is 0 Å². The number of benzene rings is 1. The van der Waals surface area contributed by atoms with Gasteiger partial charge in [-0.3, -0.25) is 0 Å². The van der Waals surface area contributed by atoms with Gasteiger partial charge in [0.15, 0.2) is 0 Å². The molecule has 0 spiro atoms. The van der Waals surface area contributed by atoms with Crippen LogP contribution in [0.3, 0.4) is 0 Å². The fraction of sp³-hybridized carbons (Fsp3) is 0.385. The van der Waals surface area contributed by atoms with Gasteiger partial charge in [0.1, 0.15) is 18.8 Å². The lowest BCUT2D eigenvalue weighted by Crippen LogP contribution is -2.51. The summed E-state index contributed by atoms with van der Waals surface area (Å²) in [6, 6.07) is 8.20. The lowest BCUT2D eigenvalue weighted by Gasteiger charge is -2.23. The fourth-order valence-electron chi connectivity index (χ4n) is 3.06. The molecular formula is C13H14N3O3S+. The van der Waals surface area contributed by atoms with Crippen LogP contribution in [0.5, 0.6) is 0 Å². The summed E-state index contributed by atoms with van der Waals surface area (Å²) < 4.78 is 32.1. The van der Waals surface area contributed by atoms with E-state index in [0.29, 0.717) is 12.4 Å². The van der Waals surface area contributed by atoms with Crippen LogP contribution in [0.25, 0.3) is 0 Å². The van der Waals surface area contributed by atoms with Crippen LogP contribution >= 0.6 is 0 Å². The number of hydrogen-bond donors (Lipinski definition) is 0.